The number of hydrogen-bond acceptors (Lipinski definition) is 6. The first-order valence-corrected chi connectivity index (χ1v) is 11.4. The minimum absolute atomic E-state index is 0.305. The molecule has 6 atom stereocenters. The standard InChI is InChI=1S/C26H34O6/c1-15(2)17-5-9-19(10-6-17)25-29-14-22-24(32-25)23(21(28)13-27)31-26(30-22)20-11-7-18(8-12-20)16(3)4/h5-12,15-16,21-28H,13-14H2,1-4H3/t21-,22+,23-,24-,25?,26?/m1/s1. The van der Waals surface area contributed by atoms with Gasteiger partial charge in [-0.3, -0.25) is 0 Å². The largest absolute Gasteiger partial charge is 0.394 e. The van der Waals surface area contributed by atoms with Crippen molar-refractivity contribution in [1.82, 2.24) is 0 Å². The van der Waals surface area contributed by atoms with Crippen molar-refractivity contribution >= 4 is 0 Å². The molecule has 2 aliphatic rings. The number of aliphatic hydroxyl groups is 2. The Hall–Kier alpha value is -1.80. The van der Waals surface area contributed by atoms with Gasteiger partial charge in [0.1, 0.15) is 24.4 Å². The number of fused-ring (bicyclic) bond motifs is 1. The van der Waals surface area contributed by atoms with Gasteiger partial charge in [-0.2, -0.15) is 0 Å². The van der Waals surface area contributed by atoms with Crippen LogP contribution in [0.5, 0.6) is 0 Å². The first-order chi connectivity index (χ1) is 15.4. The fraction of sp³-hybridized carbons (Fsp3) is 0.538. The second-order valence-corrected chi connectivity index (χ2v) is 9.27. The Labute approximate surface area is 190 Å². The SMILES string of the molecule is CC(C)c1ccc(C2OC[C@@H]3OC(c4ccc(C(C)C)cc4)O[C@H]([C@H](O)CO)[C@@H]3O2)cc1. The summed E-state index contributed by atoms with van der Waals surface area (Å²) in [5, 5.41) is 20.1. The monoisotopic (exact) mass is 442 g/mol. The van der Waals surface area contributed by atoms with Crippen molar-refractivity contribution in [2.24, 2.45) is 0 Å². The number of ether oxygens (including phenoxy) is 4. The molecule has 2 unspecified atom stereocenters. The quantitative estimate of drug-likeness (QED) is 0.699. The molecule has 6 heteroatoms. The van der Waals surface area contributed by atoms with E-state index in [1.807, 2.05) is 24.3 Å². The zero-order valence-corrected chi connectivity index (χ0v) is 19.2. The van der Waals surface area contributed by atoms with E-state index in [0.29, 0.717) is 18.4 Å². The van der Waals surface area contributed by atoms with Gasteiger partial charge in [-0.1, -0.05) is 76.2 Å². The Bertz CT molecular complexity index is 861. The van der Waals surface area contributed by atoms with E-state index in [9.17, 15) is 10.2 Å². The first kappa shape index (κ1) is 23.4. The molecule has 0 bridgehead atoms. The second-order valence-electron chi connectivity index (χ2n) is 9.27. The molecule has 2 fully saturated rings. The van der Waals surface area contributed by atoms with Gasteiger partial charge in [0.25, 0.3) is 0 Å². The molecule has 0 aromatic heterocycles. The fourth-order valence-corrected chi connectivity index (χ4v) is 4.18. The molecule has 0 spiro atoms. The third-order valence-electron chi connectivity index (χ3n) is 6.28. The second kappa shape index (κ2) is 10.00. The highest BCUT2D eigenvalue weighted by Crippen LogP contribution is 2.39. The molecular weight excluding hydrogens is 408 g/mol. The number of hydrogen-bond donors (Lipinski definition) is 2. The molecule has 2 saturated heterocycles. The van der Waals surface area contributed by atoms with Crippen molar-refractivity contribution in [3.8, 4) is 0 Å². The lowest BCUT2D eigenvalue weighted by Crippen LogP contribution is -2.58. The average Bonchev–Trinajstić information content (AvgIpc) is 2.82. The lowest BCUT2D eigenvalue weighted by molar-refractivity contribution is -0.373. The van der Waals surface area contributed by atoms with Crippen LogP contribution in [0.3, 0.4) is 0 Å². The average molecular weight is 443 g/mol. The summed E-state index contributed by atoms with van der Waals surface area (Å²) in [6.07, 6.45) is -4.07. The Morgan fingerprint density at radius 2 is 1.31 bits per heavy atom. The molecule has 2 N–H and O–H groups in total. The minimum Gasteiger partial charge on any atom is -0.394 e. The van der Waals surface area contributed by atoms with Crippen LogP contribution in [-0.2, 0) is 18.9 Å². The van der Waals surface area contributed by atoms with E-state index < -0.39 is 43.6 Å². The van der Waals surface area contributed by atoms with Crippen molar-refractivity contribution < 1.29 is 29.2 Å². The van der Waals surface area contributed by atoms with Crippen LogP contribution in [-0.4, -0.2) is 47.8 Å². The number of aliphatic hydroxyl groups excluding tert-OH is 2. The van der Waals surface area contributed by atoms with Crippen molar-refractivity contribution in [3.05, 3.63) is 70.8 Å². The summed E-state index contributed by atoms with van der Waals surface area (Å²) in [6, 6.07) is 16.2. The smallest absolute Gasteiger partial charge is 0.184 e. The molecule has 32 heavy (non-hydrogen) atoms. The van der Waals surface area contributed by atoms with Gasteiger partial charge in [-0.15, -0.1) is 0 Å². The van der Waals surface area contributed by atoms with Crippen LogP contribution < -0.4 is 0 Å². The summed E-state index contributed by atoms with van der Waals surface area (Å²) in [6.45, 7) is 8.47. The van der Waals surface area contributed by atoms with E-state index in [2.05, 4.69) is 52.0 Å². The van der Waals surface area contributed by atoms with Crippen molar-refractivity contribution in [1.29, 1.82) is 0 Å². The van der Waals surface area contributed by atoms with Gasteiger partial charge in [0.2, 0.25) is 0 Å². The van der Waals surface area contributed by atoms with Crippen LogP contribution in [0.1, 0.15) is 74.4 Å². The van der Waals surface area contributed by atoms with Crippen LogP contribution >= 0.6 is 0 Å². The highest BCUT2D eigenvalue weighted by Gasteiger charge is 2.48. The summed E-state index contributed by atoms with van der Waals surface area (Å²) >= 11 is 0. The molecule has 2 aliphatic heterocycles. The molecule has 2 aromatic rings. The number of rotatable bonds is 6. The van der Waals surface area contributed by atoms with E-state index in [1.54, 1.807) is 0 Å². The third kappa shape index (κ3) is 4.91. The van der Waals surface area contributed by atoms with Gasteiger partial charge in [-0.25, -0.2) is 0 Å². The minimum atomic E-state index is -1.09. The topological polar surface area (TPSA) is 77.4 Å². The molecule has 0 saturated carbocycles. The van der Waals surface area contributed by atoms with E-state index >= 15 is 0 Å². The van der Waals surface area contributed by atoms with E-state index in [0.717, 1.165) is 11.1 Å². The fourth-order valence-electron chi connectivity index (χ4n) is 4.18. The molecule has 4 rings (SSSR count). The lowest BCUT2D eigenvalue weighted by atomic mass is 9.98. The van der Waals surface area contributed by atoms with E-state index in [4.69, 9.17) is 18.9 Å². The maximum atomic E-state index is 10.5. The first-order valence-electron chi connectivity index (χ1n) is 11.4. The van der Waals surface area contributed by atoms with E-state index in [1.165, 1.54) is 11.1 Å². The van der Waals surface area contributed by atoms with Crippen LogP contribution in [0.25, 0.3) is 0 Å². The zero-order valence-electron chi connectivity index (χ0n) is 19.2. The Balaban J connectivity index is 1.51. The van der Waals surface area contributed by atoms with Crippen molar-refractivity contribution in [2.75, 3.05) is 13.2 Å². The summed E-state index contributed by atoms with van der Waals surface area (Å²) in [5.74, 6) is 0.870. The van der Waals surface area contributed by atoms with Crippen molar-refractivity contribution in [3.63, 3.8) is 0 Å². The van der Waals surface area contributed by atoms with Gasteiger partial charge < -0.3 is 29.2 Å². The van der Waals surface area contributed by atoms with Crippen LogP contribution in [0, 0.1) is 0 Å². The maximum absolute atomic E-state index is 10.5. The molecule has 2 heterocycles. The van der Waals surface area contributed by atoms with Gasteiger partial charge in [0.15, 0.2) is 12.6 Å². The van der Waals surface area contributed by atoms with Gasteiger partial charge in [0, 0.05) is 11.1 Å². The van der Waals surface area contributed by atoms with Gasteiger partial charge in [-0.05, 0) is 23.0 Å². The third-order valence-corrected chi connectivity index (χ3v) is 6.28. The molecule has 6 nitrogen and oxygen atoms in total. The zero-order chi connectivity index (χ0) is 22.8. The molecule has 0 aliphatic carbocycles. The van der Waals surface area contributed by atoms with Gasteiger partial charge >= 0.3 is 0 Å². The molecular formula is C26H34O6. The van der Waals surface area contributed by atoms with Crippen LogP contribution in [0.2, 0.25) is 0 Å². The summed E-state index contributed by atoms with van der Waals surface area (Å²) in [7, 11) is 0. The summed E-state index contributed by atoms with van der Waals surface area (Å²) in [4.78, 5) is 0. The normalized spacial score (nSPS) is 29.2. The predicted octanol–water partition coefficient (Wildman–Crippen LogP) is 4.18. The van der Waals surface area contributed by atoms with Crippen LogP contribution in [0.15, 0.2) is 48.5 Å². The summed E-state index contributed by atoms with van der Waals surface area (Å²) < 4.78 is 24.5. The lowest BCUT2D eigenvalue weighted by Gasteiger charge is -2.47. The Kier molecular flexibility index (Phi) is 7.30. The molecule has 2 aromatic carbocycles. The molecule has 0 amide bonds. The van der Waals surface area contributed by atoms with Crippen molar-refractivity contribution in [2.45, 2.75) is 76.5 Å². The molecule has 174 valence electrons. The number of benzene rings is 2. The van der Waals surface area contributed by atoms with E-state index in [-0.39, 0.29) is 0 Å². The Morgan fingerprint density at radius 1 is 0.781 bits per heavy atom. The maximum Gasteiger partial charge on any atom is 0.184 e. The highest BCUT2D eigenvalue weighted by molar-refractivity contribution is 5.27. The predicted molar refractivity (Wildman–Crippen MR) is 120 cm³/mol. The Morgan fingerprint density at radius 3 is 1.81 bits per heavy atom. The summed E-state index contributed by atoms with van der Waals surface area (Å²) in [5.41, 5.74) is 4.22. The van der Waals surface area contributed by atoms with Crippen LogP contribution in [0.4, 0.5) is 0 Å². The molecule has 0 radical (unpaired) electrons. The van der Waals surface area contributed by atoms with Gasteiger partial charge in [0.05, 0.1) is 13.2 Å². The highest BCUT2D eigenvalue weighted by atomic mass is 16.8.